The lowest BCUT2D eigenvalue weighted by Crippen LogP contribution is -1.98. The lowest BCUT2D eigenvalue weighted by Gasteiger charge is -2.03. The van der Waals surface area contributed by atoms with E-state index in [1.165, 1.54) is 18.5 Å². The molecule has 0 aliphatic rings. The van der Waals surface area contributed by atoms with Crippen molar-refractivity contribution in [3.05, 3.63) is 42.6 Å². The summed E-state index contributed by atoms with van der Waals surface area (Å²) >= 11 is 0. The van der Waals surface area contributed by atoms with Crippen molar-refractivity contribution >= 4 is 17.0 Å². The normalized spacial score (nSPS) is 10.7. The van der Waals surface area contributed by atoms with Crippen LogP contribution < -0.4 is 5.73 Å². The number of hydrogen-bond donors (Lipinski definition) is 1. The Labute approximate surface area is 102 Å². The largest absolute Gasteiger partial charge is 0.382 e. The van der Waals surface area contributed by atoms with Crippen LogP contribution in [0.2, 0.25) is 0 Å². The van der Waals surface area contributed by atoms with Crippen LogP contribution in [0.3, 0.4) is 0 Å². The number of nitrogens with zero attached hydrogens (tertiary/aromatic N) is 4. The van der Waals surface area contributed by atoms with E-state index in [0.29, 0.717) is 16.9 Å². The van der Waals surface area contributed by atoms with Gasteiger partial charge in [-0.05, 0) is 24.3 Å². The number of anilines is 1. The van der Waals surface area contributed by atoms with Gasteiger partial charge in [-0.1, -0.05) is 0 Å². The average Bonchev–Trinajstić information content (AvgIpc) is 2.40. The second-order valence-corrected chi connectivity index (χ2v) is 3.69. The van der Waals surface area contributed by atoms with Crippen molar-refractivity contribution in [2.45, 2.75) is 0 Å². The van der Waals surface area contributed by atoms with Crippen molar-refractivity contribution in [2.75, 3.05) is 5.73 Å². The van der Waals surface area contributed by atoms with Crippen LogP contribution in [-0.4, -0.2) is 19.9 Å². The van der Waals surface area contributed by atoms with Crippen LogP contribution in [0.5, 0.6) is 0 Å². The van der Waals surface area contributed by atoms with Gasteiger partial charge in [-0.2, -0.15) is 0 Å². The fraction of sp³-hybridized carbons (Fsp3) is 0. The van der Waals surface area contributed by atoms with E-state index in [9.17, 15) is 4.39 Å². The monoisotopic (exact) mass is 241 g/mol. The Bertz CT molecular complexity index is 711. The number of fused-ring (bicyclic) bond motifs is 1. The third-order valence-corrected chi connectivity index (χ3v) is 2.51. The Morgan fingerprint density at radius 3 is 2.56 bits per heavy atom. The topological polar surface area (TPSA) is 77.6 Å². The van der Waals surface area contributed by atoms with Crippen LogP contribution >= 0.6 is 0 Å². The highest BCUT2D eigenvalue weighted by atomic mass is 19.1. The van der Waals surface area contributed by atoms with E-state index < -0.39 is 0 Å². The standard InChI is InChI=1S/C12H8FN5/c13-8-3-1-7(2-4-8)9-5-15-12-10(18-9)11(14)16-6-17-12/h1-6H,(H2,14,15,16,17). The van der Waals surface area contributed by atoms with Gasteiger partial charge in [0.1, 0.15) is 12.1 Å². The minimum atomic E-state index is -0.296. The molecule has 1 aromatic carbocycles. The molecule has 0 bridgehead atoms. The maximum Gasteiger partial charge on any atom is 0.183 e. The van der Waals surface area contributed by atoms with Gasteiger partial charge in [-0.15, -0.1) is 0 Å². The van der Waals surface area contributed by atoms with E-state index in [4.69, 9.17) is 5.73 Å². The molecule has 88 valence electrons. The first kappa shape index (κ1) is 10.5. The summed E-state index contributed by atoms with van der Waals surface area (Å²) in [5.41, 5.74) is 7.96. The van der Waals surface area contributed by atoms with Crippen LogP contribution in [0.15, 0.2) is 36.8 Å². The molecular weight excluding hydrogens is 233 g/mol. The molecule has 3 aromatic rings. The molecule has 0 atom stereocenters. The number of benzene rings is 1. The van der Waals surface area contributed by atoms with E-state index >= 15 is 0 Å². The zero-order valence-electron chi connectivity index (χ0n) is 9.21. The minimum Gasteiger partial charge on any atom is -0.382 e. The summed E-state index contributed by atoms with van der Waals surface area (Å²) in [6, 6.07) is 5.99. The number of hydrogen-bond acceptors (Lipinski definition) is 5. The third kappa shape index (κ3) is 1.73. The van der Waals surface area contributed by atoms with Crippen molar-refractivity contribution in [3.8, 4) is 11.3 Å². The first-order chi connectivity index (χ1) is 8.74. The lowest BCUT2D eigenvalue weighted by molar-refractivity contribution is 0.628. The predicted molar refractivity (Wildman–Crippen MR) is 64.9 cm³/mol. The number of nitrogen functional groups attached to an aromatic ring is 1. The molecule has 0 radical (unpaired) electrons. The second kappa shape index (κ2) is 3.99. The van der Waals surface area contributed by atoms with Gasteiger partial charge in [0, 0.05) is 5.56 Å². The van der Waals surface area contributed by atoms with Crippen molar-refractivity contribution in [2.24, 2.45) is 0 Å². The van der Waals surface area contributed by atoms with Crippen LogP contribution in [-0.2, 0) is 0 Å². The molecular formula is C12H8FN5. The van der Waals surface area contributed by atoms with Crippen LogP contribution in [0.1, 0.15) is 0 Å². The Kier molecular flexibility index (Phi) is 2.33. The van der Waals surface area contributed by atoms with Crippen molar-refractivity contribution < 1.29 is 4.39 Å². The van der Waals surface area contributed by atoms with Gasteiger partial charge in [0.2, 0.25) is 0 Å². The highest BCUT2D eigenvalue weighted by molar-refractivity contribution is 5.82. The van der Waals surface area contributed by atoms with Crippen molar-refractivity contribution in [3.63, 3.8) is 0 Å². The Balaban J connectivity index is 2.18. The molecule has 0 spiro atoms. The van der Waals surface area contributed by atoms with Crippen molar-refractivity contribution in [1.29, 1.82) is 0 Å². The van der Waals surface area contributed by atoms with Crippen LogP contribution in [0.25, 0.3) is 22.4 Å². The van der Waals surface area contributed by atoms with Gasteiger partial charge < -0.3 is 5.73 Å². The molecule has 5 nitrogen and oxygen atoms in total. The van der Waals surface area contributed by atoms with Crippen LogP contribution in [0, 0.1) is 5.82 Å². The molecule has 0 aliphatic carbocycles. The highest BCUT2D eigenvalue weighted by Crippen LogP contribution is 2.20. The summed E-state index contributed by atoms with van der Waals surface area (Å²) in [6.07, 6.45) is 2.91. The molecule has 0 saturated carbocycles. The van der Waals surface area contributed by atoms with Gasteiger partial charge in [-0.25, -0.2) is 24.3 Å². The molecule has 2 aromatic heterocycles. The predicted octanol–water partition coefficient (Wildman–Crippen LogP) is 1.81. The molecule has 6 heteroatoms. The first-order valence-corrected chi connectivity index (χ1v) is 5.23. The molecule has 0 saturated heterocycles. The maximum absolute atomic E-state index is 12.8. The van der Waals surface area contributed by atoms with E-state index in [1.54, 1.807) is 18.3 Å². The molecule has 2 N–H and O–H groups in total. The molecule has 18 heavy (non-hydrogen) atoms. The minimum absolute atomic E-state index is 0.275. The Hall–Kier alpha value is -2.63. The van der Waals surface area contributed by atoms with Gasteiger partial charge in [0.25, 0.3) is 0 Å². The number of nitrogens with two attached hydrogens (primary N) is 1. The van der Waals surface area contributed by atoms with Crippen molar-refractivity contribution in [1.82, 2.24) is 19.9 Å². The quantitative estimate of drug-likeness (QED) is 0.703. The van der Waals surface area contributed by atoms with E-state index in [0.717, 1.165) is 5.56 Å². The van der Waals surface area contributed by atoms with Gasteiger partial charge in [0.05, 0.1) is 11.9 Å². The Morgan fingerprint density at radius 2 is 1.78 bits per heavy atom. The fourth-order valence-electron chi connectivity index (χ4n) is 1.62. The summed E-state index contributed by atoms with van der Waals surface area (Å²) < 4.78 is 12.8. The summed E-state index contributed by atoms with van der Waals surface area (Å²) in [5.74, 6) is -0.0215. The zero-order valence-corrected chi connectivity index (χ0v) is 9.21. The summed E-state index contributed by atoms with van der Waals surface area (Å²) in [5, 5.41) is 0. The molecule has 3 rings (SSSR count). The van der Waals surface area contributed by atoms with E-state index in [-0.39, 0.29) is 11.6 Å². The third-order valence-electron chi connectivity index (χ3n) is 2.51. The number of rotatable bonds is 1. The fourth-order valence-corrected chi connectivity index (χ4v) is 1.62. The van der Waals surface area contributed by atoms with Gasteiger partial charge in [-0.3, -0.25) is 0 Å². The molecule has 0 unspecified atom stereocenters. The van der Waals surface area contributed by atoms with Crippen LogP contribution in [0.4, 0.5) is 10.2 Å². The lowest BCUT2D eigenvalue weighted by atomic mass is 10.1. The van der Waals surface area contributed by atoms with E-state index in [1.807, 2.05) is 0 Å². The molecule has 2 heterocycles. The SMILES string of the molecule is Nc1ncnc2ncc(-c3ccc(F)cc3)nc12. The maximum atomic E-state index is 12.8. The van der Waals surface area contributed by atoms with Gasteiger partial charge >= 0.3 is 0 Å². The smallest absolute Gasteiger partial charge is 0.183 e. The second-order valence-electron chi connectivity index (χ2n) is 3.69. The average molecular weight is 241 g/mol. The molecule has 0 aliphatic heterocycles. The highest BCUT2D eigenvalue weighted by Gasteiger charge is 2.06. The Morgan fingerprint density at radius 1 is 1.00 bits per heavy atom. The molecule has 0 fully saturated rings. The molecule has 0 amide bonds. The first-order valence-electron chi connectivity index (χ1n) is 5.23. The summed E-state index contributed by atoms with van der Waals surface area (Å²) in [4.78, 5) is 16.3. The summed E-state index contributed by atoms with van der Waals surface area (Å²) in [7, 11) is 0. The zero-order chi connectivity index (χ0) is 12.5. The van der Waals surface area contributed by atoms with Gasteiger partial charge in [0.15, 0.2) is 17.0 Å². The van der Waals surface area contributed by atoms with E-state index in [2.05, 4.69) is 19.9 Å². The number of halogens is 1. The summed E-state index contributed by atoms with van der Waals surface area (Å²) in [6.45, 7) is 0. The number of aromatic nitrogens is 4.